The third kappa shape index (κ3) is 22.9. The highest BCUT2D eigenvalue weighted by molar-refractivity contribution is 8.06. The molecule has 7 N–H and O–H groups in total. The summed E-state index contributed by atoms with van der Waals surface area (Å²) in [5, 5.41) is 18.3. The fourth-order valence-electron chi connectivity index (χ4n) is 5.70. The Balaban J connectivity index is 1.48. The Kier molecular flexibility index (Phi) is 27.5. The maximum atomic E-state index is 12.3. The summed E-state index contributed by atoms with van der Waals surface area (Å²) in [5.74, 6) is -0.741. The largest absolute Gasteiger partial charge is 0.443 e. The molecule has 2 atom stereocenters. The van der Waals surface area contributed by atoms with Crippen molar-refractivity contribution in [3.05, 3.63) is 11.9 Å². The number of carbonyl (C=O) groups excluding carboxylic acids is 5. The van der Waals surface area contributed by atoms with E-state index in [4.69, 9.17) is 28.5 Å². The van der Waals surface area contributed by atoms with Crippen molar-refractivity contribution in [2.75, 3.05) is 117 Å². The van der Waals surface area contributed by atoms with Gasteiger partial charge in [0.1, 0.15) is 6.61 Å². The van der Waals surface area contributed by atoms with E-state index in [2.05, 4.69) is 70.4 Å². The molecule has 2 heterocycles. The highest BCUT2D eigenvalue weighted by Crippen LogP contribution is 2.52. The lowest BCUT2D eigenvalue weighted by Gasteiger charge is -2.45. The van der Waals surface area contributed by atoms with Crippen LogP contribution in [0.1, 0.15) is 66.2 Å². The molecule has 0 saturated carbocycles. The fraction of sp³-hybridized carbons (Fsp3) is 0.789. The summed E-state index contributed by atoms with van der Waals surface area (Å²) in [4.78, 5) is 66.0. The van der Waals surface area contributed by atoms with Crippen molar-refractivity contribution in [1.29, 1.82) is 0 Å². The SMILES string of the molecule is CCCCCC1(C)SC/C(=N\OCC(=O)NCC(=O)NCC(=O)NCC(=O)NCCNC(=O)OCC2=CN(CCOCCOCCOCCOC)NN2)CSC1(C)CCC. The van der Waals surface area contributed by atoms with Gasteiger partial charge >= 0.3 is 6.09 Å². The van der Waals surface area contributed by atoms with E-state index in [1.54, 1.807) is 18.3 Å². The Bertz CT molecular complexity index is 1370. The summed E-state index contributed by atoms with van der Waals surface area (Å²) in [7, 11) is 1.62. The zero-order valence-electron chi connectivity index (χ0n) is 36.0. The van der Waals surface area contributed by atoms with Crippen LogP contribution in [0.3, 0.4) is 0 Å². The van der Waals surface area contributed by atoms with Crippen LogP contribution in [0.4, 0.5) is 4.79 Å². The van der Waals surface area contributed by atoms with Gasteiger partial charge in [0.25, 0.3) is 5.91 Å². The number of methoxy groups -OCH3 is 1. The molecule has 0 spiro atoms. The lowest BCUT2D eigenvalue weighted by atomic mass is 9.85. The Labute approximate surface area is 363 Å². The van der Waals surface area contributed by atoms with Crippen LogP contribution in [0.25, 0.3) is 0 Å². The van der Waals surface area contributed by atoms with Crippen LogP contribution in [0.15, 0.2) is 17.1 Å². The number of unbranched alkanes of at least 4 members (excludes halogenated alkanes) is 2. The highest BCUT2D eigenvalue weighted by atomic mass is 32.2. The Hall–Kier alpha value is -3.54. The van der Waals surface area contributed by atoms with Crippen molar-refractivity contribution in [2.24, 2.45) is 5.16 Å². The lowest BCUT2D eigenvalue weighted by molar-refractivity contribution is -0.130. The van der Waals surface area contributed by atoms with Crippen LogP contribution in [0, 0.1) is 0 Å². The van der Waals surface area contributed by atoms with Gasteiger partial charge in [-0.2, -0.15) is 0 Å². The predicted octanol–water partition coefficient (Wildman–Crippen LogP) is 0.790. The van der Waals surface area contributed by atoms with Crippen molar-refractivity contribution in [1.82, 2.24) is 42.6 Å². The molecule has 20 nitrogen and oxygen atoms in total. The number of hydrazine groups is 2. The van der Waals surface area contributed by atoms with Crippen molar-refractivity contribution >= 4 is 59.0 Å². The Morgan fingerprint density at radius 2 is 1.30 bits per heavy atom. The number of carbonyl (C=O) groups is 5. The van der Waals surface area contributed by atoms with E-state index in [0.29, 0.717) is 58.5 Å². The van der Waals surface area contributed by atoms with Crippen molar-refractivity contribution in [3.8, 4) is 0 Å². The van der Waals surface area contributed by atoms with Gasteiger partial charge in [0, 0.05) is 47.4 Å². The van der Waals surface area contributed by atoms with Crippen LogP contribution < -0.4 is 37.5 Å². The quantitative estimate of drug-likeness (QED) is 0.0365. The monoisotopic (exact) mass is 891 g/mol. The van der Waals surface area contributed by atoms with Crippen molar-refractivity contribution in [3.63, 3.8) is 0 Å². The highest BCUT2D eigenvalue weighted by Gasteiger charge is 2.46. The molecule has 0 aromatic rings. The molecule has 1 fully saturated rings. The standard InChI is InChI=1S/C38H69N9O11S2/c1-6-8-9-11-38(4)37(3,10-7-2)59-28-31(29-60-38)45-58-27-35(51)43-24-34(50)42-23-33(49)41-22-32(48)39-12-13-40-36(52)57-26-30-25-47(46-44-30)14-15-54-18-19-56-21-20-55-17-16-53-5/h25,44,46H,6-24,26-29H2,1-5H3,(H,39,48)(H,40,52)(H,41,49)(H,42,50)(H,43,51)/b45-31-. The molecule has 2 aliphatic rings. The van der Waals surface area contributed by atoms with Gasteiger partial charge in [-0.05, 0) is 26.7 Å². The average molecular weight is 892 g/mol. The van der Waals surface area contributed by atoms with Gasteiger partial charge in [-0.3, -0.25) is 24.2 Å². The summed E-state index contributed by atoms with van der Waals surface area (Å²) >= 11 is 3.83. The van der Waals surface area contributed by atoms with Crippen molar-refractivity contribution in [2.45, 2.75) is 75.7 Å². The normalized spacial score (nSPS) is 19.4. The van der Waals surface area contributed by atoms with E-state index in [-0.39, 0.29) is 48.9 Å². The molecule has 2 rings (SSSR count). The second-order valence-electron chi connectivity index (χ2n) is 14.3. The van der Waals surface area contributed by atoms with E-state index in [0.717, 1.165) is 36.5 Å². The molecule has 0 radical (unpaired) electrons. The predicted molar refractivity (Wildman–Crippen MR) is 231 cm³/mol. The molecular formula is C38H69N9O11S2. The number of nitrogens with one attached hydrogen (secondary N) is 7. The fourth-order valence-corrected chi connectivity index (χ4v) is 8.92. The van der Waals surface area contributed by atoms with Gasteiger partial charge < -0.3 is 60.5 Å². The van der Waals surface area contributed by atoms with Gasteiger partial charge in [-0.25, -0.2) is 4.79 Å². The van der Waals surface area contributed by atoms with Crippen LogP contribution in [-0.2, 0) is 47.7 Å². The summed E-state index contributed by atoms with van der Waals surface area (Å²) < 4.78 is 26.6. The van der Waals surface area contributed by atoms with Gasteiger partial charge in [0.05, 0.1) is 83.8 Å². The minimum absolute atomic E-state index is 0.0151. The second kappa shape index (κ2) is 31.3. The molecule has 5 amide bonds. The Morgan fingerprint density at radius 3 is 1.92 bits per heavy atom. The van der Waals surface area contributed by atoms with Crippen LogP contribution >= 0.6 is 23.5 Å². The number of ether oxygens (including phenoxy) is 5. The molecule has 0 aromatic carbocycles. The minimum Gasteiger partial charge on any atom is -0.443 e. The van der Waals surface area contributed by atoms with Crippen LogP contribution in [0.5, 0.6) is 0 Å². The maximum absolute atomic E-state index is 12.3. The molecule has 2 aliphatic heterocycles. The molecule has 344 valence electrons. The molecule has 0 aliphatic carbocycles. The molecule has 0 aromatic heterocycles. The number of hydrogen-bond donors (Lipinski definition) is 7. The molecular weight excluding hydrogens is 823 g/mol. The van der Waals surface area contributed by atoms with Gasteiger partial charge in [-0.1, -0.05) is 44.7 Å². The average Bonchev–Trinajstić information content (AvgIpc) is 3.65. The molecule has 2 unspecified atom stereocenters. The number of thioether (sulfide) groups is 2. The Morgan fingerprint density at radius 1 is 0.733 bits per heavy atom. The number of amides is 5. The third-order valence-corrected chi connectivity index (χ3v) is 13.0. The first-order valence-corrected chi connectivity index (χ1v) is 22.5. The van der Waals surface area contributed by atoms with Crippen LogP contribution in [0.2, 0.25) is 0 Å². The van der Waals surface area contributed by atoms with E-state index < -0.39 is 36.3 Å². The van der Waals surface area contributed by atoms with E-state index in [1.807, 2.05) is 23.5 Å². The van der Waals surface area contributed by atoms with E-state index in [1.165, 1.54) is 19.3 Å². The molecule has 0 bridgehead atoms. The maximum Gasteiger partial charge on any atom is 0.407 e. The number of nitrogens with zero attached hydrogens (tertiary/aromatic N) is 2. The molecule has 60 heavy (non-hydrogen) atoms. The summed E-state index contributed by atoms with van der Waals surface area (Å²) in [5.41, 5.74) is 7.33. The summed E-state index contributed by atoms with van der Waals surface area (Å²) in [6, 6.07) is 0. The zero-order chi connectivity index (χ0) is 43.9. The molecule has 1 saturated heterocycles. The van der Waals surface area contributed by atoms with Gasteiger partial charge in [-0.15, -0.1) is 29.1 Å². The first-order chi connectivity index (χ1) is 28.9. The van der Waals surface area contributed by atoms with Gasteiger partial charge in [0.15, 0.2) is 6.61 Å². The summed E-state index contributed by atoms with van der Waals surface area (Å²) in [6.07, 6.45) is 8.04. The van der Waals surface area contributed by atoms with E-state index >= 15 is 0 Å². The zero-order valence-corrected chi connectivity index (χ0v) is 37.7. The van der Waals surface area contributed by atoms with E-state index in [9.17, 15) is 24.0 Å². The topological polar surface area (TPSA) is 241 Å². The first kappa shape index (κ1) is 52.6. The van der Waals surface area contributed by atoms with Crippen LogP contribution in [-0.4, -0.2) is 167 Å². The molecule has 22 heteroatoms. The number of alkyl carbamates (subject to hydrolysis) is 1. The van der Waals surface area contributed by atoms with Gasteiger partial charge in [0.2, 0.25) is 17.7 Å². The summed E-state index contributed by atoms with van der Waals surface area (Å²) in [6.45, 7) is 11.9. The van der Waals surface area contributed by atoms with Crippen molar-refractivity contribution < 1.29 is 52.5 Å². The lowest BCUT2D eigenvalue weighted by Crippen LogP contribution is -2.45. The first-order valence-electron chi connectivity index (χ1n) is 20.6. The number of hydrogen-bond acceptors (Lipinski definition) is 17. The number of oxime groups is 1. The second-order valence-corrected chi connectivity index (χ2v) is 17.2. The minimum atomic E-state index is -0.677. The number of rotatable bonds is 32. The smallest absolute Gasteiger partial charge is 0.407 e. The third-order valence-electron chi connectivity index (χ3n) is 9.34.